The lowest BCUT2D eigenvalue weighted by Crippen LogP contribution is -2.51. The second kappa shape index (κ2) is 6.42. The van der Waals surface area contributed by atoms with Crippen LogP contribution in [0.4, 0.5) is 0 Å². The zero-order valence-electron chi connectivity index (χ0n) is 12.4. The Morgan fingerprint density at radius 3 is 1.75 bits per heavy atom. The first-order valence-corrected chi connectivity index (χ1v) is 6.87. The predicted octanol–water partition coefficient (Wildman–Crippen LogP) is 5.15. The molecule has 0 saturated heterocycles. The van der Waals surface area contributed by atoms with Crippen molar-refractivity contribution in [3.8, 4) is 0 Å². The summed E-state index contributed by atoms with van der Waals surface area (Å²) in [6.07, 6.45) is 4.54. The number of hydrogen-bond acceptors (Lipinski definition) is 1. The van der Waals surface area contributed by atoms with E-state index < -0.39 is 0 Å². The van der Waals surface area contributed by atoms with Crippen molar-refractivity contribution in [3.05, 3.63) is 0 Å². The van der Waals surface area contributed by atoms with E-state index in [2.05, 4.69) is 20.8 Å². The first-order chi connectivity index (χ1) is 7.35. The Bertz CT molecular complexity index is 211. The largest absolute Gasteiger partial charge is 0.310 e. The summed E-state index contributed by atoms with van der Waals surface area (Å²) < 4.78 is 0. The molecule has 3 saturated carbocycles. The molecule has 0 unspecified atom stereocenters. The van der Waals surface area contributed by atoms with Gasteiger partial charge >= 0.3 is 0 Å². The fourth-order valence-electron chi connectivity index (χ4n) is 3.18. The Hall–Kier alpha value is -0.330. The van der Waals surface area contributed by atoms with Gasteiger partial charge < -0.3 is 5.41 Å². The van der Waals surface area contributed by atoms with Crippen molar-refractivity contribution in [2.75, 3.05) is 0 Å². The van der Waals surface area contributed by atoms with Crippen molar-refractivity contribution in [2.24, 2.45) is 23.2 Å². The van der Waals surface area contributed by atoms with Crippen molar-refractivity contribution < 1.29 is 0 Å². The van der Waals surface area contributed by atoms with Crippen LogP contribution in [0.2, 0.25) is 0 Å². The van der Waals surface area contributed by atoms with Gasteiger partial charge in [0.2, 0.25) is 0 Å². The van der Waals surface area contributed by atoms with Crippen molar-refractivity contribution in [1.29, 1.82) is 5.41 Å². The minimum atomic E-state index is 0.667. The molecule has 3 aliphatic carbocycles. The predicted molar refractivity (Wildman–Crippen MR) is 74.2 cm³/mol. The molecule has 0 radical (unpaired) electrons. The van der Waals surface area contributed by atoms with Crippen molar-refractivity contribution in [1.82, 2.24) is 0 Å². The minimum absolute atomic E-state index is 0.667. The summed E-state index contributed by atoms with van der Waals surface area (Å²) in [6.45, 7) is 14.9. The van der Waals surface area contributed by atoms with E-state index in [0.717, 1.165) is 17.8 Å². The maximum absolute atomic E-state index is 6.50. The fraction of sp³-hybridized carbons (Fsp3) is 0.933. The lowest BCUT2D eigenvalue weighted by molar-refractivity contribution is -0.0988. The van der Waals surface area contributed by atoms with Crippen molar-refractivity contribution in [2.45, 2.75) is 67.7 Å². The number of rotatable bonds is 0. The van der Waals surface area contributed by atoms with Gasteiger partial charge in [-0.25, -0.2) is 0 Å². The van der Waals surface area contributed by atoms with Gasteiger partial charge in [0.05, 0.1) is 0 Å². The third-order valence-electron chi connectivity index (χ3n) is 4.20. The van der Waals surface area contributed by atoms with Gasteiger partial charge in [0.15, 0.2) is 0 Å². The molecule has 0 heterocycles. The zero-order chi connectivity index (χ0) is 12.9. The molecule has 0 amide bonds. The first kappa shape index (κ1) is 15.7. The Morgan fingerprint density at radius 2 is 1.56 bits per heavy atom. The summed E-state index contributed by atoms with van der Waals surface area (Å²) in [7, 11) is 0. The Balaban J connectivity index is 0.000000323. The van der Waals surface area contributed by atoms with Gasteiger partial charge in [0.1, 0.15) is 0 Å². The molecule has 16 heavy (non-hydrogen) atoms. The highest BCUT2D eigenvalue weighted by molar-refractivity contribution is 5.75. The Kier molecular flexibility index (Phi) is 6.28. The molecule has 0 aromatic rings. The van der Waals surface area contributed by atoms with Crippen LogP contribution in [-0.2, 0) is 0 Å². The number of hydrogen-bond donors (Lipinski definition) is 1. The maximum Gasteiger partial charge on any atom is 0.00272 e. The third-order valence-corrected chi connectivity index (χ3v) is 4.20. The van der Waals surface area contributed by atoms with Gasteiger partial charge in [-0.1, -0.05) is 41.0 Å². The van der Waals surface area contributed by atoms with Crippen LogP contribution in [0.15, 0.2) is 0 Å². The topological polar surface area (TPSA) is 23.9 Å². The average molecular weight is 225 g/mol. The molecule has 1 heteroatoms. The van der Waals surface area contributed by atoms with Crippen LogP contribution in [0.25, 0.3) is 0 Å². The summed E-state index contributed by atoms with van der Waals surface area (Å²) in [5.74, 6) is 3.15. The van der Waals surface area contributed by atoms with Crippen LogP contribution < -0.4 is 0 Å². The van der Waals surface area contributed by atoms with Gasteiger partial charge in [-0.15, -0.1) is 0 Å². The molecule has 3 fully saturated rings. The van der Waals surface area contributed by atoms with E-state index in [1.54, 1.807) is 13.8 Å². The molecule has 1 N–H and O–H groups in total. The van der Waals surface area contributed by atoms with E-state index in [0.29, 0.717) is 11.1 Å². The summed E-state index contributed by atoms with van der Waals surface area (Å²) in [5.41, 5.74) is 1.37. The number of fused-ring (bicyclic) bond motifs is 2. The quantitative estimate of drug-likeness (QED) is 0.551. The van der Waals surface area contributed by atoms with Gasteiger partial charge in [-0.05, 0) is 49.9 Å². The normalized spacial score (nSPS) is 33.3. The molecular formula is C15H31N. The number of nitrogens with one attached hydrogen (secondary N) is 1. The van der Waals surface area contributed by atoms with E-state index in [9.17, 15) is 0 Å². The highest BCUT2D eigenvalue weighted by Gasteiger charge is 2.52. The first-order valence-electron chi connectivity index (χ1n) is 6.87. The van der Waals surface area contributed by atoms with Crippen LogP contribution in [0.3, 0.4) is 0 Å². The van der Waals surface area contributed by atoms with Crippen molar-refractivity contribution in [3.63, 3.8) is 0 Å². The molecule has 0 spiro atoms. The molecule has 0 aromatic carbocycles. The zero-order valence-corrected chi connectivity index (χ0v) is 12.4. The van der Waals surface area contributed by atoms with Crippen LogP contribution in [0, 0.1) is 28.6 Å². The van der Waals surface area contributed by atoms with Gasteiger partial charge in [0, 0.05) is 5.71 Å². The molecule has 0 aromatic heterocycles. The van der Waals surface area contributed by atoms with Crippen LogP contribution in [-0.4, -0.2) is 5.71 Å². The van der Waals surface area contributed by atoms with Crippen LogP contribution in [0.5, 0.6) is 0 Å². The van der Waals surface area contributed by atoms with Gasteiger partial charge in [0.25, 0.3) is 0 Å². The fourth-order valence-corrected chi connectivity index (χ4v) is 3.18. The second-order valence-electron chi connectivity index (χ2n) is 5.92. The monoisotopic (exact) mass is 225 g/mol. The minimum Gasteiger partial charge on any atom is -0.310 e. The average Bonchev–Trinajstić information content (AvgIpc) is 2.19. The molecular weight excluding hydrogens is 194 g/mol. The van der Waals surface area contributed by atoms with Crippen LogP contribution >= 0.6 is 0 Å². The summed E-state index contributed by atoms with van der Waals surface area (Å²) in [4.78, 5) is 0. The molecule has 3 atom stereocenters. The maximum atomic E-state index is 6.50. The molecule has 96 valence electrons. The Labute approximate surface area is 103 Å². The SMILES string of the molecule is CC.CC(C)=N.C[C@@H]1CC[C@@H]2C[C@H]1C2(C)C. The van der Waals surface area contributed by atoms with Gasteiger partial charge in [-0.2, -0.15) is 0 Å². The second-order valence-corrected chi connectivity index (χ2v) is 5.92. The Morgan fingerprint density at radius 1 is 1.12 bits per heavy atom. The van der Waals surface area contributed by atoms with E-state index in [-0.39, 0.29) is 0 Å². The van der Waals surface area contributed by atoms with E-state index >= 15 is 0 Å². The van der Waals surface area contributed by atoms with Crippen molar-refractivity contribution >= 4 is 5.71 Å². The summed E-state index contributed by atoms with van der Waals surface area (Å²) >= 11 is 0. The molecule has 3 rings (SSSR count). The van der Waals surface area contributed by atoms with E-state index in [1.165, 1.54) is 19.3 Å². The van der Waals surface area contributed by atoms with Crippen LogP contribution in [0.1, 0.15) is 67.7 Å². The molecule has 0 aliphatic heterocycles. The smallest absolute Gasteiger partial charge is 0.00272 e. The highest BCUT2D eigenvalue weighted by atomic mass is 14.6. The van der Waals surface area contributed by atoms with E-state index in [1.807, 2.05) is 13.8 Å². The molecule has 3 aliphatic rings. The third kappa shape index (κ3) is 3.61. The summed E-state index contributed by atoms with van der Waals surface area (Å²) in [5, 5.41) is 6.50. The van der Waals surface area contributed by atoms with E-state index in [4.69, 9.17) is 5.41 Å². The highest BCUT2D eigenvalue weighted by Crippen LogP contribution is 2.61. The summed E-state index contributed by atoms with van der Waals surface area (Å²) in [6, 6.07) is 0. The molecule has 1 nitrogen and oxygen atoms in total. The lowest BCUT2D eigenvalue weighted by atomic mass is 9.46. The standard InChI is InChI=1S/C10H18.C3H7N.C2H6/c1-7-4-5-8-6-9(7)10(8,2)3;1-3(2)4;1-2/h7-9H,4-6H2,1-3H3;4H,1-2H3;1-2H3/t7-,8-,9-;;/m1../s1. The lowest BCUT2D eigenvalue weighted by Gasteiger charge is -2.59. The molecule has 2 bridgehead atoms. The van der Waals surface area contributed by atoms with Gasteiger partial charge in [-0.3, -0.25) is 0 Å².